The fourth-order valence-corrected chi connectivity index (χ4v) is 3.74. The van der Waals surface area contributed by atoms with Crippen molar-refractivity contribution < 1.29 is 5.11 Å². The van der Waals surface area contributed by atoms with Crippen LogP contribution in [-0.4, -0.2) is 17.3 Å². The lowest BCUT2D eigenvalue weighted by atomic mass is 9.74. The maximum Gasteiger partial charge on any atom is 0.0661 e. The second-order valence-electron chi connectivity index (χ2n) is 6.27. The van der Waals surface area contributed by atoms with Gasteiger partial charge < -0.3 is 10.4 Å². The molecule has 104 valence electrons. The summed E-state index contributed by atoms with van der Waals surface area (Å²) in [5.41, 5.74) is 0.883. The van der Waals surface area contributed by atoms with Gasteiger partial charge in [0.15, 0.2) is 0 Å². The van der Waals surface area contributed by atoms with Crippen LogP contribution in [0.25, 0.3) is 0 Å². The van der Waals surface area contributed by atoms with Gasteiger partial charge in [-0.25, -0.2) is 0 Å². The van der Waals surface area contributed by atoms with E-state index in [4.69, 9.17) is 11.6 Å². The highest BCUT2D eigenvalue weighted by Crippen LogP contribution is 2.47. The molecule has 2 aliphatic carbocycles. The summed E-state index contributed by atoms with van der Waals surface area (Å²) in [5, 5.41) is 14.2. The Bertz CT molecular complexity index is 446. The topological polar surface area (TPSA) is 32.3 Å². The van der Waals surface area contributed by atoms with Gasteiger partial charge in [0.2, 0.25) is 0 Å². The second kappa shape index (κ2) is 5.34. The zero-order valence-corrected chi connectivity index (χ0v) is 12.0. The standard InChI is InChI=1S/C16H22ClNO/c17-14-4-1-5-15(9-14)18-16(11-19)8-2-3-13(10-16)12-6-7-12/h1,4-5,9,12-13,18-19H,2-3,6-8,10-11H2. The smallest absolute Gasteiger partial charge is 0.0661 e. The Morgan fingerprint density at radius 1 is 1.26 bits per heavy atom. The maximum atomic E-state index is 9.90. The van der Waals surface area contributed by atoms with Gasteiger partial charge in [-0.1, -0.05) is 30.5 Å². The summed E-state index contributed by atoms with van der Waals surface area (Å²) in [6.45, 7) is 0.211. The van der Waals surface area contributed by atoms with Gasteiger partial charge in [-0.15, -0.1) is 0 Å². The number of nitrogens with one attached hydrogen (secondary N) is 1. The fourth-order valence-electron chi connectivity index (χ4n) is 3.55. The summed E-state index contributed by atoms with van der Waals surface area (Å²) in [7, 11) is 0. The first kappa shape index (κ1) is 13.3. The highest BCUT2D eigenvalue weighted by molar-refractivity contribution is 6.30. The molecule has 0 heterocycles. The molecule has 2 saturated carbocycles. The number of aliphatic hydroxyl groups excluding tert-OH is 1. The molecule has 3 heteroatoms. The Morgan fingerprint density at radius 3 is 2.79 bits per heavy atom. The number of aliphatic hydroxyl groups is 1. The van der Waals surface area contributed by atoms with Crippen LogP contribution in [0.4, 0.5) is 5.69 Å². The molecule has 19 heavy (non-hydrogen) atoms. The van der Waals surface area contributed by atoms with E-state index in [1.807, 2.05) is 24.3 Å². The molecule has 2 fully saturated rings. The Hall–Kier alpha value is -0.730. The molecule has 2 aliphatic rings. The number of rotatable bonds is 4. The third-order valence-corrected chi connectivity index (χ3v) is 4.94. The second-order valence-corrected chi connectivity index (χ2v) is 6.70. The van der Waals surface area contributed by atoms with Crippen molar-refractivity contribution in [2.24, 2.45) is 11.8 Å². The number of halogens is 1. The molecule has 0 aromatic heterocycles. The molecule has 1 aromatic carbocycles. The van der Waals surface area contributed by atoms with Gasteiger partial charge >= 0.3 is 0 Å². The first-order chi connectivity index (χ1) is 9.21. The summed E-state index contributed by atoms with van der Waals surface area (Å²) >= 11 is 6.04. The van der Waals surface area contributed by atoms with Crippen molar-refractivity contribution in [2.75, 3.05) is 11.9 Å². The van der Waals surface area contributed by atoms with Crippen molar-refractivity contribution in [1.29, 1.82) is 0 Å². The average Bonchev–Trinajstić information content (AvgIpc) is 3.23. The van der Waals surface area contributed by atoms with Crippen molar-refractivity contribution in [3.8, 4) is 0 Å². The van der Waals surface area contributed by atoms with Gasteiger partial charge in [0.05, 0.1) is 12.1 Å². The normalized spacial score (nSPS) is 31.2. The van der Waals surface area contributed by atoms with Crippen molar-refractivity contribution in [3.05, 3.63) is 29.3 Å². The predicted octanol–water partition coefficient (Wildman–Crippen LogP) is 4.08. The highest BCUT2D eigenvalue weighted by Gasteiger charge is 2.41. The molecule has 2 atom stereocenters. The van der Waals surface area contributed by atoms with Crippen molar-refractivity contribution in [1.82, 2.24) is 0 Å². The number of hydrogen-bond donors (Lipinski definition) is 2. The largest absolute Gasteiger partial charge is 0.394 e. The third-order valence-electron chi connectivity index (χ3n) is 4.71. The molecule has 0 radical (unpaired) electrons. The Labute approximate surface area is 120 Å². The third kappa shape index (κ3) is 3.06. The van der Waals surface area contributed by atoms with E-state index < -0.39 is 0 Å². The predicted molar refractivity (Wildman–Crippen MR) is 79.6 cm³/mol. The first-order valence-electron chi connectivity index (χ1n) is 7.35. The number of hydrogen-bond acceptors (Lipinski definition) is 2. The maximum absolute atomic E-state index is 9.90. The van der Waals surface area contributed by atoms with Crippen LogP contribution >= 0.6 is 11.6 Å². The van der Waals surface area contributed by atoms with E-state index in [0.717, 1.165) is 35.4 Å². The van der Waals surface area contributed by atoms with Crippen LogP contribution in [-0.2, 0) is 0 Å². The van der Waals surface area contributed by atoms with Gasteiger partial charge in [0, 0.05) is 10.7 Å². The molecule has 1 aromatic rings. The van der Waals surface area contributed by atoms with Crippen LogP contribution in [0.1, 0.15) is 38.5 Å². The molecule has 3 rings (SSSR count). The van der Waals surface area contributed by atoms with Crippen molar-refractivity contribution in [3.63, 3.8) is 0 Å². The van der Waals surface area contributed by atoms with Gasteiger partial charge in [-0.3, -0.25) is 0 Å². The van der Waals surface area contributed by atoms with Crippen LogP contribution in [0, 0.1) is 11.8 Å². The van der Waals surface area contributed by atoms with E-state index in [1.54, 1.807) is 0 Å². The quantitative estimate of drug-likeness (QED) is 0.870. The van der Waals surface area contributed by atoms with E-state index in [0.29, 0.717) is 0 Å². The molecular formula is C16H22ClNO. The van der Waals surface area contributed by atoms with Crippen LogP contribution < -0.4 is 5.32 Å². The lowest BCUT2D eigenvalue weighted by Crippen LogP contribution is -2.46. The lowest BCUT2D eigenvalue weighted by Gasteiger charge is -2.41. The van der Waals surface area contributed by atoms with Crippen LogP contribution in [0.2, 0.25) is 5.02 Å². The van der Waals surface area contributed by atoms with Crippen molar-refractivity contribution in [2.45, 2.75) is 44.1 Å². The van der Waals surface area contributed by atoms with Gasteiger partial charge in [-0.2, -0.15) is 0 Å². The Kier molecular flexibility index (Phi) is 3.72. The minimum absolute atomic E-state index is 0.143. The van der Waals surface area contributed by atoms with Crippen LogP contribution in [0.15, 0.2) is 24.3 Å². The molecular weight excluding hydrogens is 258 g/mol. The van der Waals surface area contributed by atoms with E-state index >= 15 is 0 Å². The molecule has 0 spiro atoms. The lowest BCUT2D eigenvalue weighted by molar-refractivity contribution is 0.136. The molecule has 0 amide bonds. The monoisotopic (exact) mass is 279 g/mol. The van der Waals surface area contributed by atoms with Crippen LogP contribution in [0.3, 0.4) is 0 Å². The zero-order chi connectivity index (χ0) is 13.3. The number of anilines is 1. The molecule has 2 unspecified atom stereocenters. The first-order valence-corrected chi connectivity index (χ1v) is 7.73. The summed E-state index contributed by atoms with van der Waals surface area (Å²) in [6, 6.07) is 7.81. The number of benzene rings is 1. The van der Waals surface area contributed by atoms with E-state index in [9.17, 15) is 5.11 Å². The van der Waals surface area contributed by atoms with E-state index in [-0.39, 0.29) is 12.1 Å². The molecule has 0 saturated heterocycles. The summed E-state index contributed by atoms with van der Waals surface area (Å²) in [4.78, 5) is 0. The summed E-state index contributed by atoms with van der Waals surface area (Å²) in [5.74, 6) is 1.72. The van der Waals surface area contributed by atoms with E-state index in [1.165, 1.54) is 25.7 Å². The Morgan fingerprint density at radius 2 is 2.11 bits per heavy atom. The SMILES string of the molecule is OCC1(Nc2cccc(Cl)c2)CCCC(C2CC2)C1. The summed E-state index contributed by atoms with van der Waals surface area (Å²) < 4.78 is 0. The molecule has 0 bridgehead atoms. The van der Waals surface area contributed by atoms with Gasteiger partial charge in [-0.05, 0) is 55.7 Å². The molecule has 0 aliphatic heterocycles. The van der Waals surface area contributed by atoms with Gasteiger partial charge in [0.25, 0.3) is 0 Å². The summed E-state index contributed by atoms with van der Waals surface area (Å²) in [6.07, 6.45) is 7.49. The molecule has 2 N–H and O–H groups in total. The minimum Gasteiger partial charge on any atom is -0.394 e. The molecule has 2 nitrogen and oxygen atoms in total. The van der Waals surface area contributed by atoms with E-state index in [2.05, 4.69) is 5.32 Å². The van der Waals surface area contributed by atoms with Gasteiger partial charge in [0.1, 0.15) is 0 Å². The van der Waals surface area contributed by atoms with Crippen LogP contribution in [0.5, 0.6) is 0 Å². The van der Waals surface area contributed by atoms with Crippen molar-refractivity contribution >= 4 is 17.3 Å². The highest BCUT2D eigenvalue weighted by atomic mass is 35.5. The average molecular weight is 280 g/mol. The minimum atomic E-state index is -0.143. The Balaban J connectivity index is 1.74. The zero-order valence-electron chi connectivity index (χ0n) is 11.2. The fraction of sp³-hybridized carbons (Fsp3) is 0.625.